The van der Waals surface area contributed by atoms with Crippen LogP contribution in [0.15, 0.2) is 35.5 Å². The molecule has 3 rings (SSSR count). The standard InChI is InChI=1S/C19H23ClFN7O/c1-3-28(4-2)10-9-23-19-25-16-13(7-8-22-18(16)26-19)17(27-29)24-12-5-6-15(21)14(20)11-12/h5-8,11,29H,3-4,9-10H2,1-2H3,(H,24,27)(H2,22,23,25,26). The Hall–Kier alpha value is -2.75. The summed E-state index contributed by atoms with van der Waals surface area (Å²) in [4.78, 5) is 18.5. The highest BCUT2D eigenvalue weighted by Gasteiger charge is 2.13. The van der Waals surface area contributed by atoms with Crippen molar-refractivity contribution in [1.82, 2.24) is 25.3 Å². The fourth-order valence-corrected chi connectivity index (χ4v) is 3.07. The number of hydroxylamine groups is 1. The van der Waals surface area contributed by atoms with E-state index in [-0.39, 0.29) is 10.9 Å². The number of benzene rings is 1. The average molecular weight is 420 g/mol. The van der Waals surface area contributed by atoms with Crippen molar-refractivity contribution < 1.29 is 9.60 Å². The van der Waals surface area contributed by atoms with Crippen molar-refractivity contribution in [2.24, 2.45) is 4.99 Å². The molecule has 4 N–H and O–H groups in total. The second-order valence-corrected chi connectivity index (χ2v) is 6.67. The van der Waals surface area contributed by atoms with E-state index in [1.54, 1.807) is 12.3 Å². The van der Waals surface area contributed by atoms with E-state index in [9.17, 15) is 9.60 Å². The summed E-state index contributed by atoms with van der Waals surface area (Å²) in [6.07, 6.45) is 1.57. The number of aromatic nitrogens is 3. The van der Waals surface area contributed by atoms with Crippen LogP contribution in [0.5, 0.6) is 0 Å². The van der Waals surface area contributed by atoms with Crippen molar-refractivity contribution >= 4 is 40.2 Å². The molecule has 0 saturated carbocycles. The molecule has 0 aliphatic carbocycles. The van der Waals surface area contributed by atoms with Crippen LogP contribution in [-0.4, -0.2) is 57.1 Å². The normalized spacial score (nSPS) is 12.0. The summed E-state index contributed by atoms with van der Waals surface area (Å²) in [6.45, 7) is 7.83. The van der Waals surface area contributed by atoms with Gasteiger partial charge < -0.3 is 15.2 Å². The maximum atomic E-state index is 13.4. The van der Waals surface area contributed by atoms with Crippen molar-refractivity contribution in [3.63, 3.8) is 0 Å². The summed E-state index contributed by atoms with van der Waals surface area (Å²) < 4.78 is 13.4. The molecular weight excluding hydrogens is 397 g/mol. The second kappa shape index (κ2) is 9.64. The molecule has 3 aromatic rings. The molecule has 0 aliphatic heterocycles. The summed E-state index contributed by atoms with van der Waals surface area (Å²) in [5.41, 5.74) is 4.11. The molecule has 0 spiro atoms. The predicted molar refractivity (Wildman–Crippen MR) is 113 cm³/mol. The molecule has 29 heavy (non-hydrogen) atoms. The number of hydrogen-bond acceptors (Lipinski definition) is 6. The van der Waals surface area contributed by atoms with E-state index in [0.29, 0.717) is 28.4 Å². The predicted octanol–water partition coefficient (Wildman–Crippen LogP) is 3.56. The molecule has 2 aromatic heterocycles. The quantitative estimate of drug-likeness (QED) is 0.253. The number of fused-ring (bicyclic) bond motifs is 1. The number of hydrogen-bond donors (Lipinski definition) is 4. The number of halogens is 2. The van der Waals surface area contributed by atoms with E-state index in [0.717, 1.165) is 26.2 Å². The zero-order chi connectivity index (χ0) is 20.8. The van der Waals surface area contributed by atoms with E-state index in [1.165, 1.54) is 18.2 Å². The van der Waals surface area contributed by atoms with Crippen LogP contribution < -0.4 is 10.8 Å². The number of nitrogens with one attached hydrogen (secondary N) is 3. The van der Waals surface area contributed by atoms with Crippen molar-refractivity contribution in [1.29, 1.82) is 0 Å². The summed E-state index contributed by atoms with van der Waals surface area (Å²) >= 11 is 5.81. The van der Waals surface area contributed by atoms with Gasteiger partial charge in [0.25, 0.3) is 0 Å². The lowest BCUT2D eigenvalue weighted by molar-refractivity contribution is 0.235. The molecule has 1 aromatic carbocycles. The van der Waals surface area contributed by atoms with Gasteiger partial charge in [-0.2, -0.15) is 4.98 Å². The van der Waals surface area contributed by atoms with Crippen LogP contribution >= 0.6 is 11.6 Å². The number of nitrogens with zero attached hydrogens (tertiary/aromatic N) is 4. The Kier molecular flexibility index (Phi) is 6.97. The first-order valence-corrected chi connectivity index (χ1v) is 9.68. The minimum atomic E-state index is -0.538. The highest BCUT2D eigenvalue weighted by atomic mass is 35.5. The molecule has 0 atom stereocenters. The number of likely N-dealkylation sites (N-methyl/N-ethyl adjacent to an activating group) is 1. The summed E-state index contributed by atoms with van der Waals surface area (Å²) in [5.74, 6) is 0.192. The molecule has 0 saturated heterocycles. The number of amidine groups is 1. The van der Waals surface area contributed by atoms with Crippen molar-refractivity contribution in [3.8, 4) is 0 Å². The Balaban J connectivity index is 1.87. The molecule has 0 fully saturated rings. The van der Waals surface area contributed by atoms with Gasteiger partial charge in [-0.05, 0) is 37.4 Å². The van der Waals surface area contributed by atoms with Crippen LogP contribution in [0.1, 0.15) is 19.4 Å². The van der Waals surface area contributed by atoms with Gasteiger partial charge in [-0.25, -0.2) is 14.4 Å². The summed E-state index contributed by atoms with van der Waals surface area (Å²) in [5, 5.41) is 12.8. The van der Waals surface area contributed by atoms with Gasteiger partial charge >= 0.3 is 0 Å². The Bertz CT molecular complexity index is 1000. The smallest absolute Gasteiger partial charge is 0.202 e. The fourth-order valence-electron chi connectivity index (χ4n) is 2.89. The molecule has 0 aliphatic rings. The number of aliphatic imine (C=N–C) groups is 1. The van der Waals surface area contributed by atoms with Crippen LogP contribution in [0.25, 0.3) is 11.2 Å². The number of H-pyrrole nitrogens is 1. The van der Waals surface area contributed by atoms with Crippen LogP contribution in [0.3, 0.4) is 0 Å². The third-order valence-electron chi connectivity index (χ3n) is 4.51. The minimum absolute atomic E-state index is 0.0513. The zero-order valence-corrected chi connectivity index (χ0v) is 17.0. The lowest BCUT2D eigenvalue weighted by Crippen LogP contribution is -2.28. The number of pyridine rings is 1. The number of anilines is 1. The fraction of sp³-hybridized carbons (Fsp3) is 0.316. The lowest BCUT2D eigenvalue weighted by Gasteiger charge is -2.17. The average Bonchev–Trinajstić information content (AvgIpc) is 3.15. The first-order valence-electron chi connectivity index (χ1n) is 9.30. The van der Waals surface area contributed by atoms with Gasteiger partial charge in [0.05, 0.1) is 16.2 Å². The maximum absolute atomic E-state index is 13.4. The third kappa shape index (κ3) is 5.00. The Morgan fingerprint density at radius 3 is 2.79 bits per heavy atom. The molecule has 0 bridgehead atoms. The van der Waals surface area contributed by atoms with Crippen molar-refractivity contribution in [2.45, 2.75) is 13.8 Å². The van der Waals surface area contributed by atoms with E-state index in [1.807, 2.05) is 0 Å². The SMILES string of the molecule is CCN(CC)CCNc1nc2nccc(C(=Nc3ccc(F)c(Cl)c3)NO)c2[nH]1. The second-order valence-electron chi connectivity index (χ2n) is 6.27. The van der Waals surface area contributed by atoms with E-state index < -0.39 is 5.82 Å². The van der Waals surface area contributed by atoms with Crippen molar-refractivity contribution in [2.75, 3.05) is 31.5 Å². The summed E-state index contributed by atoms with van der Waals surface area (Å²) in [6, 6.07) is 5.74. The molecule has 0 amide bonds. The Labute approximate surface area is 172 Å². The monoisotopic (exact) mass is 419 g/mol. The van der Waals surface area contributed by atoms with Crippen LogP contribution in [0.2, 0.25) is 5.02 Å². The maximum Gasteiger partial charge on any atom is 0.202 e. The van der Waals surface area contributed by atoms with Gasteiger partial charge in [0.1, 0.15) is 5.82 Å². The first kappa shape index (κ1) is 21.0. The Morgan fingerprint density at radius 1 is 1.31 bits per heavy atom. The van der Waals surface area contributed by atoms with Gasteiger partial charge in [0, 0.05) is 24.8 Å². The van der Waals surface area contributed by atoms with Gasteiger partial charge in [-0.3, -0.25) is 10.7 Å². The van der Waals surface area contributed by atoms with Gasteiger partial charge in [0.2, 0.25) is 5.95 Å². The largest absolute Gasteiger partial charge is 0.354 e. The van der Waals surface area contributed by atoms with Crippen LogP contribution in [0, 0.1) is 5.82 Å². The topological polar surface area (TPSA) is 101 Å². The number of imidazole rings is 1. The zero-order valence-electron chi connectivity index (χ0n) is 16.2. The van der Waals surface area contributed by atoms with Gasteiger partial charge in [-0.15, -0.1) is 0 Å². The minimum Gasteiger partial charge on any atom is -0.354 e. The molecule has 154 valence electrons. The molecule has 8 nitrogen and oxygen atoms in total. The van der Waals surface area contributed by atoms with Crippen LogP contribution in [0.4, 0.5) is 16.0 Å². The third-order valence-corrected chi connectivity index (χ3v) is 4.80. The first-order chi connectivity index (χ1) is 14.0. The van der Waals surface area contributed by atoms with Crippen molar-refractivity contribution in [3.05, 3.63) is 46.9 Å². The number of rotatable bonds is 8. The van der Waals surface area contributed by atoms with Gasteiger partial charge in [0.15, 0.2) is 11.5 Å². The lowest BCUT2D eigenvalue weighted by atomic mass is 10.2. The highest BCUT2D eigenvalue weighted by molar-refractivity contribution is 6.31. The van der Waals surface area contributed by atoms with Gasteiger partial charge in [-0.1, -0.05) is 25.4 Å². The molecular formula is C19H23ClFN7O. The Morgan fingerprint density at radius 2 is 2.10 bits per heavy atom. The van der Waals surface area contributed by atoms with E-state index >= 15 is 0 Å². The molecule has 2 heterocycles. The number of aromatic amines is 1. The highest BCUT2D eigenvalue weighted by Crippen LogP contribution is 2.23. The molecule has 10 heteroatoms. The summed E-state index contributed by atoms with van der Waals surface area (Å²) in [7, 11) is 0. The van der Waals surface area contributed by atoms with E-state index in [2.05, 4.69) is 49.5 Å². The molecule has 0 unspecified atom stereocenters. The molecule has 0 radical (unpaired) electrons. The van der Waals surface area contributed by atoms with E-state index in [4.69, 9.17) is 11.6 Å². The van der Waals surface area contributed by atoms with Crippen LogP contribution in [-0.2, 0) is 0 Å².